The summed E-state index contributed by atoms with van der Waals surface area (Å²) in [5, 5.41) is 3.29. The number of piperidine rings is 1. The van der Waals surface area contributed by atoms with Crippen LogP contribution in [0, 0.1) is 5.92 Å². The van der Waals surface area contributed by atoms with Gasteiger partial charge < -0.3 is 10.1 Å². The zero-order valence-electron chi connectivity index (χ0n) is 9.46. The van der Waals surface area contributed by atoms with Crippen LogP contribution in [0.1, 0.15) is 18.4 Å². The number of fused-ring (bicyclic) bond motifs is 1. The molecule has 2 aliphatic rings. The molecule has 0 unspecified atom stereocenters. The topological polar surface area (TPSA) is 38.3 Å². The molecule has 2 fully saturated rings. The molecular formula is C13H16ClNO2. The monoisotopic (exact) mass is 253 g/mol. The van der Waals surface area contributed by atoms with Crippen molar-refractivity contribution in [2.24, 2.45) is 5.92 Å². The van der Waals surface area contributed by atoms with Gasteiger partial charge in [-0.2, -0.15) is 0 Å². The van der Waals surface area contributed by atoms with Gasteiger partial charge in [-0.25, -0.2) is 0 Å². The maximum absolute atomic E-state index is 11.7. The molecule has 92 valence electrons. The molecule has 0 radical (unpaired) electrons. The average molecular weight is 254 g/mol. The van der Waals surface area contributed by atoms with Gasteiger partial charge in [-0.05, 0) is 24.3 Å². The molecule has 0 bridgehead atoms. The van der Waals surface area contributed by atoms with Gasteiger partial charge in [0.05, 0.1) is 0 Å². The molecule has 0 amide bonds. The van der Waals surface area contributed by atoms with Gasteiger partial charge in [0.1, 0.15) is 12.6 Å². The number of carbonyl (C=O) groups excluding carboxylic acids is 1. The van der Waals surface area contributed by atoms with Crippen LogP contribution in [0.15, 0.2) is 30.3 Å². The molecule has 1 aliphatic heterocycles. The van der Waals surface area contributed by atoms with Crippen molar-refractivity contribution in [3.05, 3.63) is 35.9 Å². The smallest absolute Gasteiger partial charge is 0.323 e. The van der Waals surface area contributed by atoms with Crippen LogP contribution in [0.4, 0.5) is 0 Å². The minimum atomic E-state index is -0.101. The van der Waals surface area contributed by atoms with Gasteiger partial charge in [0.2, 0.25) is 0 Å². The van der Waals surface area contributed by atoms with Crippen LogP contribution in [0.25, 0.3) is 0 Å². The Hall–Kier alpha value is -1.06. The number of benzene rings is 1. The molecule has 1 saturated carbocycles. The normalized spacial score (nSPS) is 29.1. The largest absolute Gasteiger partial charge is 0.460 e. The Morgan fingerprint density at radius 3 is 2.71 bits per heavy atom. The van der Waals surface area contributed by atoms with Crippen LogP contribution in [-0.2, 0) is 16.1 Å². The van der Waals surface area contributed by atoms with Gasteiger partial charge in [-0.3, -0.25) is 4.79 Å². The standard InChI is InChI=1S/C13H15NO2.ClH/c15-13(12-7-10-6-11(10)14-12)16-8-9-4-2-1-3-5-9;/h1-5,10-12,14H,6-8H2;1H/t10-,11-,12-;/m1./s1. The first-order chi connectivity index (χ1) is 7.83. The second-order valence-corrected chi connectivity index (χ2v) is 4.65. The zero-order chi connectivity index (χ0) is 11.0. The van der Waals surface area contributed by atoms with E-state index in [1.54, 1.807) is 0 Å². The molecule has 4 heteroatoms. The van der Waals surface area contributed by atoms with Crippen LogP contribution in [0.3, 0.4) is 0 Å². The van der Waals surface area contributed by atoms with Crippen LogP contribution in [0.2, 0.25) is 0 Å². The molecule has 0 spiro atoms. The minimum absolute atomic E-state index is 0. The number of nitrogens with one attached hydrogen (secondary N) is 1. The van der Waals surface area contributed by atoms with Crippen molar-refractivity contribution in [2.45, 2.75) is 31.5 Å². The fraction of sp³-hybridized carbons (Fsp3) is 0.462. The van der Waals surface area contributed by atoms with Crippen molar-refractivity contribution in [1.82, 2.24) is 5.32 Å². The Morgan fingerprint density at radius 2 is 2.06 bits per heavy atom. The Balaban J connectivity index is 0.00000108. The van der Waals surface area contributed by atoms with E-state index in [0.29, 0.717) is 12.6 Å². The second-order valence-electron chi connectivity index (χ2n) is 4.65. The number of hydrogen-bond acceptors (Lipinski definition) is 3. The third kappa shape index (κ3) is 2.79. The highest BCUT2D eigenvalue weighted by molar-refractivity contribution is 5.85. The summed E-state index contributed by atoms with van der Waals surface area (Å²) in [6.07, 6.45) is 2.20. The summed E-state index contributed by atoms with van der Waals surface area (Å²) in [4.78, 5) is 11.7. The highest BCUT2D eigenvalue weighted by Crippen LogP contribution is 2.40. The quantitative estimate of drug-likeness (QED) is 0.837. The molecule has 17 heavy (non-hydrogen) atoms. The van der Waals surface area contributed by atoms with Gasteiger partial charge in [0, 0.05) is 6.04 Å². The maximum atomic E-state index is 11.7. The highest BCUT2D eigenvalue weighted by atomic mass is 35.5. The molecule has 3 nitrogen and oxygen atoms in total. The summed E-state index contributed by atoms with van der Waals surface area (Å²) in [5.41, 5.74) is 1.04. The van der Waals surface area contributed by atoms with E-state index in [2.05, 4.69) is 5.32 Å². The first-order valence-electron chi connectivity index (χ1n) is 5.79. The van der Waals surface area contributed by atoms with Crippen LogP contribution >= 0.6 is 12.4 Å². The van der Waals surface area contributed by atoms with Crippen molar-refractivity contribution >= 4 is 18.4 Å². The van der Waals surface area contributed by atoms with Gasteiger partial charge in [0.25, 0.3) is 0 Å². The van der Waals surface area contributed by atoms with Gasteiger partial charge in [-0.15, -0.1) is 12.4 Å². The van der Waals surface area contributed by atoms with Crippen molar-refractivity contribution < 1.29 is 9.53 Å². The van der Waals surface area contributed by atoms with E-state index in [9.17, 15) is 4.79 Å². The van der Waals surface area contributed by atoms with Crippen LogP contribution in [-0.4, -0.2) is 18.1 Å². The second kappa shape index (κ2) is 5.07. The molecule has 0 aromatic heterocycles. The lowest BCUT2D eigenvalue weighted by Crippen LogP contribution is -2.35. The molecule has 3 rings (SSSR count). The lowest BCUT2D eigenvalue weighted by molar-refractivity contribution is -0.147. The summed E-state index contributed by atoms with van der Waals surface area (Å²) in [6, 6.07) is 10.3. The Bertz CT molecular complexity index is 386. The van der Waals surface area contributed by atoms with E-state index in [1.807, 2.05) is 30.3 Å². The van der Waals surface area contributed by atoms with Crippen LogP contribution in [0.5, 0.6) is 0 Å². The first kappa shape index (κ1) is 12.4. The first-order valence-corrected chi connectivity index (χ1v) is 5.79. The van der Waals surface area contributed by atoms with E-state index in [1.165, 1.54) is 6.42 Å². The highest BCUT2D eigenvalue weighted by Gasteiger charge is 2.48. The summed E-state index contributed by atoms with van der Waals surface area (Å²) < 4.78 is 5.28. The Morgan fingerprint density at radius 1 is 1.29 bits per heavy atom. The number of carbonyl (C=O) groups is 1. The van der Waals surface area contributed by atoms with E-state index in [4.69, 9.17) is 4.74 Å². The number of ether oxygens (including phenoxy) is 1. The predicted molar refractivity (Wildman–Crippen MR) is 66.9 cm³/mol. The number of esters is 1. The Kier molecular flexibility index (Phi) is 3.69. The van der Waals surface area contributed by atoms with Gasteiger partial charge >= 0.3 is 5.97 Å². The van der Waals surface area contributed by atoms with Gasteiger partial charge in [0.15, 0.2) is 0 Å². The third-order valence-corrected chi connectivity index (χ3v) is 3.38. The third-order valence-electron chi connectivity index (χ3n) is 3.38. The summed E-state index contributed by atoms with van der Waals surface area (Å²) in [6.45, 7) is 0.382. The van der Waals surface area contributed by atoms with E-state index in [-0.39, 0.29) is 24.4 Å². The average Bonchev–Trinajstić information content (AvgIpc) is 2.94. The molecule has 1 aliphatic carbocycles. The molecule has 3 atom stereocenters. The number of hydrogen-bond donors (Lipinski definition) is 1. The minimum Gasteiger partial charge on any atom is -0.460 e. The van der Waals surface area contributed by atoms with Crippen molar-refractivity contribution in [2.75, 3.05) is 0 Å². The molecule has 1 saturated heterocycles. The van der Waals surface area contributed by atoms with Crippen molar-refractivity contribution in [3.8, 4) is 0 Å². The summed E-state index contributed by atoms with van der Waals surface area (Å²) in [7, 11) is 0. The van der Waals surface area contributed by atoms with E-state index in [0.717, 1.165) is 17.9 Å². The SMILES string of the molecule is Cl.O=C(OCc1ccccc1)[C@H]1C[C@H]2C[C@H]2N1. The van der Waals surface area contributed by atoms with Crippen molar-refractivity contribution in [1.29, 1.82) is 0 Å². The maximum Gasteiger partial charge on any atom is 0.323 e. The Labute approximate surface area is 107 Å². The summed E-state index contributed by atoms with van der Waals surface area (Å²) in [5.74, 6) is 0.630. The van der Waals surface area contributed by atoms with Crippen molar-refractivity contribution in [3.63, 3.8) is 0 Å². The van der Waals surface area contributed by atoms with Crippen LogP contribution < -0.4 is 5.32 Å². The predicted octanol–water partition coefficient (Wildman–Crippen LogP) is 1.90. The molecule has 1 N–H and O–H groups in total. The molecule has 1 aromatic rings. The van der Waals surface area contributed by atoms with E-state index >= 15 is 0 Å². The lowest BCUT2D eigenvalue weighted by Gasteiger charge is -2.12. The molecule has 1 heterocycles. The fourth-order valence-corrected chi connectivity index (χ4v) is 2.33. The molecular weight excluding hydrogens is 238 g/mol. The van der Waals surface area contributed by atoms with E-state index < -0.39 is 0 Å². The van der Waals surface area contributed by atoms with Gasteiger partial charge in [-0.1, -0.05) is 30.3 Å². The fourth-order valence-electron chi connectivity index (χ4n) is 2.33. The zero-order valence-corrected chi connectivity index (χ0v) is 10.3. The lowest BCUT2D eigenvalue weighted by atomic mass is 10.2. The number of halogens is 1. The molecule has 1 aromatic carbocycles. The summed E-state index contributed by atoms with van der Waals surface area (Å²) >= 11 is 0. The number of rotatable bonds is 3.